The van der Waals surface area contributed by atoms with Crippen molar-refractivity contribution in [3.8, 4) is 0 Å². The lowest BCUT2D eigenvalue weighted by Gasteiger charge is -2.28. The second-order valence-corrected chi connectivity index (χ2v) is 5.58. The SMILES string of the molecule is CCCC(C)(C)Nc1c(Cl)cc([N+](=O)[O-])cc1C(=O)O. The number of halogens is 1. The number of benzene rings is 1. The highest BCUT2D eigenvalue weighted by molar-refractivity contribution is 6.34. The highest BCUT2D eigenvalue weighted by Gasteiger charge is 2.24. The highest BCUT2D eigenvalue weighted by atomic mass is 35.5. The van der Waals surface area contributed by atoms with E-state index in [1.54, 1.807) is 0 Å². The fraction of sp³-hybridized carbons (Fsp3) is 0.462. The zero-order chi connectivity index (χ0) is 15.5. The van der Waals surface area contributed by atoms with Crippen LogP contribution >= 0.6 is 11.6 Å². The molecule has 0 heterocycles. The van der Waals surface area contributed by atoms with Crippen molar-refractivity contribution in [1.29, 1.82) is 0 Å². The molecule has 0 radical (unpaired) electrons. The van der Waals surface area contributed by atoms with Gasteiger partial charge in [-0.05, 0) is 20.3 Å². The molecule has 0 saturated carbocycles. The van der Waals surface area contributed by atoms with Gasteiger partial charge in [0.05, 0.1) is 21.2 Å². The highest BCUT2D eigenvalue weighted by Crippen LogP contribution is 2.34. The Morgan fingerprint density at radius 2 is 2.10 bits per heavy atom. The fourth-order valence-corrected chi connectivity index (χ4v) is 2.28. The summed E-state index contributed by atoms with van der Waals surface area (Å²) in [5.41, 5.74) is -0.693. The maximum Gasteiger partial charge on any atom is 0.338 e. The predicted molar refractivity (Wildman–Crippen MR) is 77.7 cm³/mol. The molecule has 1 aromatic rings. The average Bonchev–Trinajstić information content (AvgIpc) is 2.30. The van der Waals surface area contributed by atoms with Gasteiger partial charge in [0.15, 0.2) is 0 Å². The van der Waals surface area contributed by atoms with E-state index in [1.807, 2.05) is 20.8 Å². The van der Waals surface area contributed by atoms with Crippen LogP contribution in [0, 0.1) is 10.1 Å². The number of nitro benzene ring substituents is 1. The Morgan fingerprint density at radius 1 is 1.50 bits per heavy atom. The van der Waals surface area contributed by atoms with Gasteiger partial charge in [0.2, 0.25) is 0 Å². The van der Waals surface area contributed by atoms with E-state index in [4.69, 9.17) is 11.6 Å². The summed E-state index contributed by atoms with van der Waals surface area (Å²) in [4.78, 5) is 21.4. The van der Waals surface area contributed by atoms with E-state index < -0.39 is 10.9 Å². The number of non-ortho nitro benzene ring substituents is 1. The number of nitro groups is 1. The molecule has 0 amide bonds. The summed E-state index contributed by atoms with van der Waals surface area (Å²) in [6.45, 7) is 5.85. The van der Waals surface area contributed by atoms with E-state index in [1.165, 1.54) is 0 Å². The van der Waals surface area contributed by atoms with Crippen molar-refractivity contribution in [3.05, 3.63) is 32.8 Å². The summed E-state index contributed by atoms with van der Waals surface area (Å²) >= 11 is 6.00. The van der Waals surface area contributed by atoms with Crippen LogP contribution in [0.25, 0.3) is 0 Å². The maximum absolute atomic E-state index is 11.3. The zero-order valence-corrected chi connectivity index (χ0v) is 12.3. The molecule has 20 heavy (non-hydrogen) atoms. The first-order valence-electron chi connectivity index (χ1n) is 6.17. The van der Waals surface area contributed by atoms with Gasteiger partial charge in [0.1, 0.15) is 0 Å². The second-order valence-electron chi connectivity index (χ2n) is 5.17. The van der Waals surface area contributed by atoms with Crippen LogP contribution in [-0.4, -0.2) is 21.5 Å². The molecule has 0 aromatic heterocycles. The third-order valence-corrected chi connectivity index (χ3v) is 3.15. The van der Waals surface area contributed by atoms with Gasteiger partial charge in [0, 0.05) is 17.7 Å². The Bertz CT molecular complexity index is 543. The topological polar surface area (TPSA) is 92.5 Å². The number of carbonyl (C=O) groups is 1. The van der Waals surface area contributed by atoms with Crippen molar-refractivity contribution in [2.75, 3.05) is 5.32 Å². The van der Waals surface area contributed by atoms with Gasteiger partial charge in [0.25, 0.3) is 5.69 Å². The fourth-order valence-electron chi connectivity index (χ4n) is 2.02. The average molecular weight is 301 g/mol. The van der Waals surface area contributed by atoms with E-state index >= 15 is 0 Å². The number of carboxylic acid groups (broad SMARTS) is 1. The van der Waals surface area contributed by atoms with E-state index in [-0.39, 0.29) is 27.5 Å². The molecule has 1 rings (SSSR count). The van der Waals surface area contributed by atoms with E-state index in [0.717, 1.165) is 25.0 Å². The first kappa shape index (κ1) is 16.2. The van der Waals surface area contributed by atoms with Gasteiger partial charge in [-0.1, -0.05) is 24.9 Å². The number of carboxylic acids is 1. The van der Waals surface area contributed by atoms with Crippen molar-refractivity contribution in [3.63, 3.8) is 0 Å². The number of anilines is 1. The van der Waals surface area contributed by atoms with E-state index in [2.05, 4.69) is 5.32 Å². The standard InChI is InChI=1S/C13H17ClN2O4/c1-4-5-13(2,3)15-11-9(12(17)18)6-8(16(19)20)7-10(11)14/h6-7,15H,4-5H2,1-3H3,(H,17,18). The van der Waals surface area contributed by atoms with Crippen molar-refractivity contribution in [2.24, 2.45) is 0 Å². The molecule has 1 aromatic carbocycles. The summed E-state index contributed by atoms with van der Waals surface area (Å²) in [5, 5.41) is 23.1. The Hall–Kier alpha value is -1.82. The number of nitrogens with one attached hydrogen (secondary N) is 1. The Kier molecular flexibility index (Phi) is 4.94. The molecular formula is C13H17ClN2O4. The quantitative estimate of drug-likeness (QED) is 0.613. The number of nitrogens with zero attached hydrogens (tertiary/aromatic N) is 1. The van der Waals surface area contributed by atoms with Gasteiger partial charge in [-0.25, -0.2) is 4.79 Å². The van der Waals surface area contributed by atoms with Gasteiger partial charge < -0.3 is 10.4 Å². The van der Waals surface area contributed by atoms with Crippen LogP contribution in [0.1, 0.15) is 44.0 Å². The lowest BCUT2D eigenvalue weighted by atomic mass is 9.97. The van der Waals surface area contributed by atoms with E-state index in [9.17, 15) is 20.0 Å². The number of hydrogen-bond acceptors (Lipinski definition) is 4. The van der Waals surface area contributed by atoms with Crippen molar-refractivity contribution >= 4 is 28.9 Å². The van der Waals surface area contributed by atoms with E-state index in [0.29, 0.717) is 0 Å². The first-order chi connectivity index (χ1) is 9.18. The van der Waals surface area contributed by atoms with Crippen LogP contribution in [-0.2, 0) is 0 Å². The second kappa shape index (κ2) is 6.09. The normalized spacial score (nSPS) is 11.2. The molecule has 110 valence electrons. The number of rotatable bonds is 6. The molecule has 0 spiro atoms. The molecule has 0 bridgehead atoms. The summed E-state index contributed by atoms with van der Waals surface area (Å²) in [6, 6.07) is 2.16. The minimum atomic E-state index is -1.26. The molecule has 7 heteroatoms. The third kappa shape index (κ3) is 3.84. The molecule has 0 aliphatic rings. The van der Waals surface area contributed by atoms with Crippen LogP contribution in [0.4, 0.5) is 11.4 Å². The van der Waals surface area contributed by atoms with Gasteiger partial charge in [-0.2, -0.15) is 0 Å². The molecule has 0 saturated heterocycles. The predicted octanol–water partition coefficient (Wildman–Crippen LogP) is 3.94. The van der Waals surface area contributed by atoms with Crippen molar-refractivity contribution in [2.45, 2.75) is 39.2 Å². The van der Waals surface area contributed by atoms with Gasteiger partial charge in [-0.15, -0.1) is 0 Å². The summed E-state index contributed by atoms with van der Waals surface area (Å²) in [7, 11) is 0. The molecular weight excluding hydrogens is 284 g/mol. The van der Waals surface area contributed by atoms with Gasteiger partial charge in [-0.3, -0.25) is 10.1 Å². The van der Waals surface area contributed by atoms with Crippen LogP contribution in [0.5, 0.6) is 0 Å². The molecule has 2 N–H and O–H groups in total. The first-order valence-corrected chi connectivity index (χ1v) is 6.55. The molecule has 0 fully saturated rings. The molecule has 0 atom stereocenters. The van der Waals surface area contributed by atoms with Crippen molar-refractivity contribution < 1.29 is 14.8 Å². The van der Waals surface area contributed by atoms with Crippen LogP contribution in [0.2, 0.25) is 5.02 Å². The third-order valence-electron chi connectivity index (χ3n) is 2.85. The lowest BCUT2D eigenvalue weighted by molar-refractivity contribution is -0.384. The van der Waals surface area contributed by atoms with Crippen molar-refractivity contribution in [1.82, 2.24) is 0 Å². The van der Waals surface area contributed by atoms with Crippen LogP contribution in [0.3, 0.4) is 0 Å². The molecule has 6 nitrogen and oxygen atoms in total. The smallest absolute Gasteiger partial charge is 0.338 e. The number of hydrogen-bond donors (Lipinski definition) is 2. The Balaban J connectivity index is 3.31. The Morgan fingerprint density at radius 3 is 2.55 bits per heavy atom. The monoisotopic (exact) mass is 300 g/mol. The minimum absolute atomic E-state index is 0.0285. The van der Waals surface area contributed by atoms with Gasteiger partial charge >= 0.3 is 5.97 Å². The maximum atomic E-state index is 11.3. The summed E-state index contributed by atoms with van der Waals surface area (Å²) in [5.74, 6) is -1.26. The number of aromatic carboxylic acids is 1. The zero-order valence-electron chi connectivity index (χ0n) is 11.6. The van der Waals surface area contributed by atoms with Crippen LogP contribution in [0.15, 0.2) is 12.1 Å². The summed E-state index contributed by atoms with van der Waals surface area (Å²) < 4.78 is 0. The molecule has 0 aliphatic heterocycles. The minimum Gasteiger partial charge on any atom is -0.478 e. The summed E-state index contributed by atoms with van der Waals surface area (Å²) in [6.07, 6.45) is 1.71. The Labute approximate surface area is 121 Å². The molecule has 0 aliphatic carbocycles. The molecule has 0 unspecified atom stereocenters. The lowest BCUT2D eigenvalue weighted by Crippen LogP contribution is -2.31. The largest absolute Gasteiger partial charge is 0.478 e. The van der Waals surface area contributed by atoms with Crippen LogP contribution < -0.4 is 5.32 Å².